The number of benzene rings is 1. The van der Waals surface area contributed by atoms with E-state index in [0.717, 1.165) is 51.5 Å². The number of hydrogen-bond donors (Lipinski definition) is 2. The minimum atomic E-state index is -0.737. The Morgan fingerprint density at radius 2 is 1.87 bits per heavy atom. The van der Waals surface area contributed by atoms with E-state index >= 15 is 0 Å². The number of carbonyl (C=O) groups excluding carboxylic acids is 1. The Kier molecular flexibility index (Phi) is 7.36. The number of β-amino-alcohol motifs (C(OH)–C–C–N with tert-alkyl or cyclic N) is 1. The van der Waals surface area contributed by atoms with Gasteiger partial charge in [0.15, 0.2) is 0 Å². The van der Waals surface area contributed by atoms with Crippen molar-refractivity contribution >= 4 is 28.9 Å². The number of likely N-dealkylation sites (N-methyl/N-ethyl adjacent to an activating group) is 1. The molecule has 3 heterocycles. The highest BCUT2D eigenvalue weighted by Crippen LogP contribution is 2.29. The van der Waals surface area contributed by atoms with Crippen LogP contribution in [-0.2, 0) is 9.53 Å². The number of nitrogens with zero attached hydrogens (tertiary/aromatic N) is 4. The number of piperazine rings is 1. The number of morpholine rings is 1. The van der Waals surface area contributed by atoms with Crippen molar-refractivity contribution in [2.75, 3.05) is 95.9 Å². The van der Waals surface area contributed by atoms with Crippen LogP contribution in [0.15, 0.2) is 18.2 Å². The second kappa shape index (κ2) is 10.0. The Hall–Kier alpha value is -1.42. The Morgan fingerprint density at radius 3 is 2.58 bits per heavy atom. The van der Waals surface area contributed by atoms with Gasteiger partial charge in [-0.1, -0.05) is 11.6 Å². The summed E-state index contributed by atoms with van der Waals surface area (Å²) in [6, 6.07) is 5.65. The fourth-order valence-electron chi connectivity index (χ4n) is 4.68. The van der Waals surface area contributed by atoms with E-state index in [1.807, 2.05) is 17.0 Å². The third kappa shape index (κ3) is 6.09. The molecule has 1 unspecified atom stereocenters. The molecular weight excluding hydrogens is 418 g/mol. The fraction of sp³-hybridized carbons (Fsp3) is 0.682. The molecule has 0 radical (unpaired) electrons. The number of aliphatic hydroxyl groups is 1. The second-order valence-electron chi connectivity index (χ2n) is 9.08. The molecule has 31 heavy (non-hydrogen) atoms. The van der Waals surface area contributed by atoms with Gasteiger partial charge in [0.2, 0.25) is 5.91 Å². The first-order valence-corrected chi connectivity index (χ1v) is 11.6. The number of anilines is 2. The van der Waals surface area contributed by atoms with Gasteiger partial charge in [-0.15, -0.1) is 0 Å². The highest BCUT2D eigenvalue weighted by Gasteiger charge is 2.38. The van der Waals surface area contributed by atoms with Crippen LogP contribution in [0, 0.1) is 0 Å². The van der Waals surface area contributed by atoms with E-state index in [2.05, 4.69) is 27.1 Å². The summed E-state index contributed by atoms with van der Waals surface area (Å²) in [6.45, 7) is 9.29. The summed E-state index contributed by atoms with van der Waals surface area (Å²) in [7, 11) is 2.13. The molecule has 1 atom stereocenters. The summed E-state index contributed by atoms with van der Waals surface area (Å²) in [5.41, 5.74) is 0.926. The quantitative estimate of drug-likeness (QED) is 0.662. The van der Waals surface area contributed by atoms with Crippen LogP contribution in [0.3, 0.4) is 0 Å². The third-order valence-corrected chi connectivity index (χ3v) is 6.78. The number of rotatable bonds is 6. The molecule has 3 aliphatic heterocycles. The van der Waals surface area contributed by atoms with Crippen molar-refractivity contribution in [1.82, 2.24) is 14.7 Å². The van der Waals surface area contributed by atoms with Gasteiger partial charge in [0.1, 0.15) is 0 Å². The molecule has 172 valence electrons. The van der Waals surface area contributed by atoms with Crippen LogP contribution in [0.4, 0.5) is 11.4 Å². The molecule has 3 aliphatic rings. The van der Waals surface area contributed by atoms with Crippen LogP contribution in [-0.4, -0.2) is 117 Å². The first-order valence-electron chi connectivity index (χ1n) is 11.2. The number of likely N-dealkylation sites (tertiary alicyclic amines) is 1. The maximum absolute atomic E-state index is 12.6. The van der Waals surface area contributed by atoms with Crippen molar-refractivity contribution in [1.29, 1.82) is 0 Å². The zero-order valence-corrected chi connectivity index (χ0v) is 19.1. The Morgan fingerprint density at radius 1 is 1.13 bits per heavy atom. The van der Waals surface area contributed by atoms with E-state index in [-0.39, 0.29) is 12.5 Å². The molecule has 3 fully saturated rings. The largest absolute Gasteiger partial charge is 0.387 e. The minimum Gasteiger partial charge on any atom is -0.387 e. The molecule has 3 saturated heterocycles. The van der Waals surface area contributed by atoms with Crippen molar-refractivity contribution in [3.8, 4) is 0 Å². The lowest BCUT2D eigenvalue weighted by Gasteiger charge is -2.36. The maximum atomic E-state index is 12.6. The summed E-state index contributed by atoms with van der Waals surface area (Å²) in [5.74, 6) is -0.0842. The van der Waals surface area contributed by atoms with Gasteiger partial charge in [0.25, 0.3) is 0 Å². The number of amides is 1. The average Bonchev–Trinajstić information content (AvgIpc) is 3.10. The highest BCUT2D eigenvalue weighted by molar-refractivity contribution is 6.33. The predicted molar refractivity (Wildman–Crippen MR) is 123 cm³/mol. The molecule has 0 aliphatic carbocycles. The molecule has 8 nitrogen and oxygen atoms in total. The molecule has 9 heteroatoms. The topological polar surface area (TPSA) is 71.5 Å². The van der Waals surface area contributed by atoms with E-state index in [0.29, 0.717) is 43.4 Å². The lowest BCUT2D eigenvalue weighted by atomic mass is 10.0. The summed E-state index contributed by atoms with van der Waals surface area (Å²) in [6.07, 6.45) is 0.701. The summed E-state index contributed by atoms with van der Waals surface area (Å²) >= 11 is 6.47. The smallest absolute Gasteiger partial charge is 0.238 e. The third-order valence-electron chi connectivity index (χ3n) is 6.48. The molecule has 0 bridgehead atoms. The van der Waals surface area contributed by atoms with Gasteiger partial charge in [-0.2, -0.15) is 0 Å². The molecule has 2 N–H and O–H groups in total. The number of ether oxygens (including phenoxy) is 1. The van der Waals surface area contributed by atoms with Crippen LogP contribution >= 0.6 is 11.6 Å². The lowest BCUT2D eigenvalue weighted by molar-refractivity contribution is -0.117. The van der Waals surface area contributed by atoms with E-state index < -0.39 is 5.60 Å². The average molecular weight is 452 g/mol. The highest BCUT2D eigenvalue weighted by atomic mass is 35.5. The predicted octanol–water partition coefficient (Wildman–Crippen LogP) is 0.799. The summed E-state index contributed by atoms with van der Waals surface area (Å²) < 4.78 is 5.39. The second-order valence-corrected chi connectivity index (χ2v) is 9.49. The zero-order valence-electron chi connectivity index (χ0n) is 18.4. The molecule has 4 rings (SSSR count). The van der Waals surface area contributed by atoms with Crippen LogP contribution < -0.4 is 10.2 Å². The van der Waals surface area contributed by atoms with Crippen molar-refractivity contribution < 1.29 is 14.6 Å². The molecule has 0 saturated carbocycles. The van der Waals surface area contributed by atoms with Crippen LogP contribution in [0.25, 0.3) is 0 Å². The molecule has 1 amide bonds. The van der Waals surface area contributed by atoms with Crippen molar-refractivity contribution in [2.45, 2.75) is 12.0 Å². The Bertz CT molecular complexity index is 768. The van der Waals surface area contributed by atoms with Crippen molar-refractivity contribution in [3.05, 3.63) is 23.2 Å². The molecule has 1 aromatic carbocycles. The van der Waals surface area contributed by atoms with Gasteiger partial charge >= 0.3 is 0 Å². The normalized spacial score (nSPS) is 26.4. The van der Waals surface area contributed by atoms with Crippen molar-refractivity contribution in [2.24, 2.45) is 0 Å². The van der Waals surface area contributed by atoms with E-state index in [9.17, 15) is 9.90 Å². The van der Waals surface area contributed by atoms with Crippen LogP contribution in [0.1, 0.15) is 6.42 Å². The standard InChI is InChI=1S/C22H34ClN5O3/c1-25-6-8-26(9-7-25)16-22(30)4-5-27(17-22)15-21(29)24-18-2-3-20(19(23)14-18)28-10-12-31-13-11-28/h2-3,14,30H,4-13,15-17H2,1H3,(H,24,29). The number of halogens is 1. The monoisotopic (exact) mass is 451 g/mol. The van der Waals surface area contributed by atoms with Gasteiger partial charge < -0.3 is 25.0 Å². The van der Waals surface area contributed by atoms with Crippen molar-refractivity contribution in [3.63, 3.8) is 0 Å². The lowest BCUT2D eigenvalue weighted by Crippen LogP contribution is -2.52. The fourth-order valence-corrected chi connectivity index (χ4v) is 4.98. The zero-order chi connectivity index (χ0) is 21.8. The maximum Gasteiger partial charge on any atom is 0.238 e. The van der Waals surface area contributed by atoms with Gasteiger partial charge in [-0.3, -0.25) is 14.6 Å². The van der Waals surface area contributed by atoms with Crippen LogP contribution in [0.2, 0.25) is 5.02 Å². The van der Waals surface area contributed by atoms with Gasteiger partial charge in [0.05, 0.1) is 36.1 Å². The number of nitrogens with one attached hydrogen (secondary N) is 1. The Labute approximate surface area is 189 Å². The molecule has 1 aromatic rings. The van der Waals surface area contributed by atoms with E-state index in [4.69, 9.17) is 16.3 Å². The SMILES string of the molecule is CN1CCN(CC2(O)CCN(CC(=O)Nc3ccc(N4CCOCC4)c(Cl)c3)C2)CC1. The minimum absolute atomic E-state index is 0.0842. The van der Waals surface area contributed by atoms with E-state index in [1.54, 1.807) is 6.07 Å². The Balaban J connectivity index is 1.26. The number of hydrogen-bond acceptors (Lipinski definition) is 7. The van der Waals surface area contributed by atoms with E-state index in [1.165, 1.54) is 0 Å². The first kappa shape index (κ1) is 22.8. The first-order chi connectivity index (χ1) is 14.9. The number of carbonyl (C=O) groups is 1. The molecular formula is C22H34ClN5O3. The van der Waals surface area contributed by atoms with Gasteiger partial charge in [-0.25, -0.2) is 0 Å². The van der Waals surface area contributed by atoms with Gasteiger partial charge in [-0.05, 0) is 31.7 Å². The van der Waals surface area contributed by atoms with Gasteiger partial charge in [0, 0.05) is 64.6 Å². The summed E-state index contributed by atoms with van der Waals surface area (Å²) in [5, 5.41) is 14.6. The molecule has 0 spiro atoms. The summed E-state index contributed by atoms with van der Waals surface area (Å²) in [4.78, 5) is 21.5. The molecule has 0 aromatic heterocycles. The van der Waals surface area contributed by atoms with Crippen LogP contribution in [0.5, 0.6) is 0 Å².